The van der Waals surface area contributed by atoms with Gasteiger partial charge in [-0.2, -0.15) is 0 Å². The van der Waals surface area contributed by atoms with E-state index in [9.17, 15) is 5.11 Å². The van der Waals surface area contributed by atoms with Gasteiger partial charge < -0.3 is 9.51 Å². The van der Waals surface area contributed by atoms with Crippen molar-refractivity contribution in [2.24, 2.45) is 0 Å². The summed E-state index contributed by atoms with van der Waals surface area (Å²) < 4.78 is 3.67. The average Bonchev–Trinajstić information content (AvgIpc) is 3.22. The molecule has 0 aromatic carbocycles. The van der Waals surface area contributed by atoms with Crippen molar-refractivity contribution in [2.75, 3.05) is 13.1 Å². The van der Waals surface area contributed by atoms with E-state index in [0.29, 0.717) is 31.2 Å². The Balaban J connectivity index is 1.50. The number of rotatable bonds is 4. The van der Waals surface area contributed by atoms with Crippen LogP contribution in [0.5, 0.6) is 0 Å². The minimum absolute atomic E-state index is 0.449. The quantitative estimate of drug-likeness (QED) is 0.777. The predicted molar refractivity (Wildman–Crippen MR) is 85.1 cm³/mol. The van der Waals surface area contributed by atoms with Crippen LogP contribution in [0.2, 0.25) is 5.15 Å². The van der Waals surface area contributed by atoms with Crippen LogP contribution in [0.15, 0.2) is 36.8 Å². The van der Waals surface area contributed by atoms with E-state index in [4.69, 9.17) is 11.6 Å². The zero-order chi connectivity index (χ0) is 15.9. The Morgan fingerprint density at radius 2 is 2.22 bits per heavy atom. The first-order chi connectivity index (χ1) is 11.1. The van der Waals surface area contributed by atoms with Crippen molar-refractivity contribution in [1.29, 1.82) is 0 Å². The van der Waals surface area contributed by atoms with Crippen molar-refractivity contribution in [2.45, 2.75) is 25.1 Å². The Morgan fingerprint density at radius 3 is 3.04 bits per heavy atom. The van der Waals surface area contributed by atoms with Gasteiger partial charge in [-0.15, -0.1) is 5.10 Å². The van der Waals surface area contributed by atoms with Crippen molar-refractivity contribution >= 4 is 17.2 Å². The Morgan fingerprint density at radius 1 is 1.30 bits per heavy atom. The van der Waals surface area contributed by atoms with Gasteiger partial charge in [-0.25, -0.2) is 9.67 Å². The number of hydrogen-bond acceptors (Lipinski definition) is 5. The molecule has 4 rings (SSSR count). The van der Waals surface area contributed by atoms with Gasteiger partial charge >= 0.3 is 0 Å². The van der Waals surface area contributed by atoms with Crippen molar-refractivity contribution in [3.05, 3.63) is 47.6 Å². The number of hydrogen-bond donors (Lipinski definition) is 1. The summed E-state index contributed by atoms with van der Waals surface area (Å²) in [6, 6.07) is 5.83. The fraction of sp³-hybridized carbons (Fsp3) is 0.400. The number of β-amino-alcohol motifs (C(OH)–C–C–N with tert-alkyl or cyclic N) is 1. The number of halogens is 1. The van der Waals surface area contributed by atoms with E-state index in [0.717, 1.165) is 17.9 Å². The maximum atomic E-state index is 10.8. The van der Waals surface area contributed by atoms with Crippen LogP contribution in [0.25, 0.3) is 5.65 Å². The first-order valence-electron chi connectivity index (χ1n) is 7.53. The summed E-state index contributed by atoms with van der Waals surface area (Å²) in [6.45, 7) is 2.49. The first kappa shape index (κ1) is 14.6. The lowest BCUT2D eigenvalue weighted by molar-refractivity contribution is 0.0273. The monoisotopic (exact) mass is 332 g/mol. The molecule has 23 heavy (non-hydrogen) atoms. The van der Waals surface area contributed by atoms with Gasteiger partial charge in [-0.1, -0.05) is 22.9 Å². The van der Waals surface area contributed by atoms with E-state index in [1.165, 1.54) is 0 Å². The lowest BCUT2D eigenvalue weighted by Crippen LogP contribution is -2.37. The van der Waals surface area contributed by atoms with E-state index in [1.54, 1.807) is 17.1 Å². The van der Waals surface area contributed by atoms with Gasteiger partial charge in [0.1, 0.15) is 5.65 Å². The molecule has 0 bridgehead atoms. The number of likely N-dealkylation sites (tertiary alicyclic amines) is 1. The maximum absolute atomic E-state index is 10.8. The van der Waals surface area contributed by atoms with Gasteiger partial charge in [0, 0.05) is 32.0 Å². The Labute approximate surface area is 138 Å². The molecule has 0 amide bonds. The Kier molecular flexibility index (Phi) is 3.56. The van der Waals surface area contributed by atoms with Gasteiger partial charge in [0.15, 0.2) is 5.15 Å². The number of aliphatic hydroxyl groups is 1. The highest BCUT2D eigenvalue weighted by Crippen LogP contribution is 2.26. The van der Waals surface area contributed by atoms with E-state index >= 15 is 0 Å². The van der Waals surface area contributed by atoms with Gasteiger partial charge in [0.25, 0.3) is 0 Å². The summed E-state index contributed by atoms with van der Waals surface area (Å²) in [5, 5.41) is 19.0. The maximum Gasteiger partial charge on any atom is 0.152 e. The van der Waals surface area contributed by atoms with E-state index in [1.807, 2.05) is 28.8 Å². The molecule has 120 valence electrons. The summed E-state index contributed by atoms with van der Waals surface area (Å²) in [6.07, 6.45) is 6.04. The molecule has 0 aliphatic carbocycles. The molecule has 7 nitrogen and oxygen atoms in total. The number of fused-ring (bicyclic) bond motifs is 1. The van der Waals surface area contributed by atoms with E-state index < -0.39 is 5.60 Å². The van der Waals surface area contributed by atoms with Crippen LogP contribution >= 0.6 is 11.6 Å². The second-order valence-corrected chi connectivity index (χ2v) is 6.42. The highest BCUT2D eigenvalue weighted by Gasteiger charge is 2.37. The smallest absolute Gasteiger partial charge is 0.152 e. The summed E-state index contributed by atoms with van der Waals surface area (Å²) in [4.78, 5) is 6.56. The molecule has 0 saturated carbocycles. The fourth-order valence-corrected chi connectivity index (χ4v) is 3.43. The number of aromatic nitrogens is 5. The third kappa shape index (κ3) is 2.83. The zero-order valence-electron chi connectivity index (χ0n) is 12.5. The highest BCUT2D eigenvalue weighted by molar-refractivity contribution is 6.30. The van der Waals surface area contributed by atoms with Gasteiger partial charge in [-0.05, 0) is 18.6 Å². The average molecular weight is 333 g/mol. The molecule has 0 spiro atoms. The third-order valence-corrected chi connectivity index (χ3v) is 4.60. The van der Waals surface area contributed by atoms with Crippen LogP contribution in [0.3, 0.4) is 0 Å². The summed E-state index contributed by atoms with van der Waals surface area (Å²) in [7, 11) is 0. The Hall–Kier alpha value is -1.96. The molecule has 1 saturated heterocycles. The second-order valence-electron chi connectivity index (χ2n) is 6.06. The number of nitrogens with zero attached hydrogens (tertiary/aromatic N) is 6. The minimum Gasteiger partial charge on any atom is -0.387 e. The summed E-state index contributed by atoms with van der Waals surface area (Å²) in [5.41, 5.74) is 0.998. The van der Waals surface area contributed by atoms with Crippen LogP contribution < -0.4 is 0 Å². The fourth-order valence-electron chi connectivity index (χ4n) is 3.19. The van der Waals surface area contributed by atoms with E-state index in [-0.39, 0.29) is 0 Å². The standard InChI is InChI=1S/C15H17ClN6O/c16-14-12(22-6-2-1-3-13(22)18-14)9-20-7-4-15(23,10-20)11-21-8-5-17-19-21/h1-3,5-6,8,23H,4,7,9-11H2. The molecule has 8 heteroatoms. The molecule has 1 aliphatic heterocycles. The van der Waals surface area contributed by atoms with Crippen LogP contribution in [-0.4, -0.2) is 53.1 Å². The SMILES string of the molecule is OC1(Cn2ccnn2)CCN(Cc2c(Cl)nc3ccccn23)C1. The topological polar surface area (TPSA) is 71.5 Å². The molecule has 1 unspecified atom stereocenters. The minimum atomic E-state index is -0.791. The molecule has 3 aromatic rings. The lowest BCUT2D eigenvalue weighted by atomic mass is 10.0. The van der Waals surface area contributed by atoms with Gasteiger partial charge in [0.05, 0.1) is 24.0 Å². The van der Waals surface area contributed by atoms with Crippen LogP contribution in [0.4, 0.5) is 0 Å². The molecular weight excluding hydrogens is 316 g/mol. The van der Waals surface area contributed by atoms with Crippen molar-refractivity contribution in [3.63, 3.8) is 0 Å². The molecule has 1 aliphatic rings. The normalized spacial score (nSPS) is 22.2. The van der Waals surface area contributed by atoms with Crippen molar-refractivity contribution in [1.82, 2.24) is 29.3 Å². The zero-order valence-corrected chi connectivity index (χ0v) is 13.3. The summed E-state index contributed by atoms with van der Waals surface area (Å²) >= 11 is 6.29. The lowest BCUT2D eigenvalue weighted by Gasteiger charge is -2.23. The molecular formula is C15H17ClN6O. The molecule has 4 heterocycles. The van der Waals surface area contributed by atoms with Crippen molar-refractivity contribution < 1.29 is 5.11 Å². The second kappa shape index (κ2) is 5.59. The molecule has 1 fully saturated rings. The molecule has 1 atom stereocenters. The first-order valence-corrected chi connectivity index (χ1v) is 7.91. The van der Waals surface area contributed by atoms with Crippen molar-refractivity contribution in [3.8, 4) is 0 Å². The van der Waals surface area contributed by atoms with Crippen LogP contribution in [0, 0.1) is 0 Å². The number of imidazole rings is 1. The highest BCUT2D eigenvalue weighted by atomic mass is 35.5. The molecule has 1 N–H and O–H groups in total. The largest absolute Gasteiger partial charge is 0.387 e. The third-order valence-electron chi connectivity index (χ3n) is 4.29. The number of pyridine rings is 1. The van der Waals surface area contributed by atoms with Gasteiger partial charge in [0.2, 0.25) is 0 Å². The van der Waals surface area contributed by atoms with Crippen LogP contribution in [-0.2, 0) is 13.1 Å². The molecule has 3 aromatic heterocycles. The van der Waals surface area contributed by atoms with E-state index in [2.05, 4.69) is 20.2 Å². The van der Waals surface area contributed by atoms with Crippen LogP contribution in [0.1, 0.15) is 12.1 Å². The predicted octanol–water partition coefficient (Wildman–Crippen LogP) is 1.22. The summed E-state index contributed by atoms with van der Waals surface area (Å²) in [5.74, 6) is 0. The molecule has 0 radical (unpaired) electrons. The van der Waals surface area contributed by atoms with Gasteiger partial charge in [-0.3, -0.25) is 4.90 Å². The Bertz CT molecular complexity index is 817.